The molecule has 0 aliphatic heterocycles. The zero-order valence-electron chi connectivity index (χ0n) is 20.2. The number of hydrogen-bond acceptors (Lipinski definition) is 6. The number of rotatable bonds is 12. The van der Waals surface area contributed by atoms with Crippen LogP contribution in [0.2, 0.25) is 0 Å². The monoisotopic (exact) mass is 454 g/mol. The van der Waals surface area contributed by atoms with E-state index in [-0.39, 0.29) is 11.5 Å². The highest BCUT2D eigenvalue weighted by Crippen LogP contribution is 2.39. The first-order valence-corrected chi connectivity index (χ1v) is 11.3. The van der Waals surface area contributed by atoms with Gasteiger partial charge in [-0.3, -0.25) is 4.79 Å². The topological polar surface area (TPSA) is 75.0 Å². The Morgan fingerprint density at radius 2 is 1.79 bits per heavy atom. The van der Waals surface area contributed by atoms with Crippen molar-refractivity contribution >= 4 is 16.9 Å². The van der Waals surface area contributed by atoms with Crippen molar-refractivity contribution < 1.29 is 23.4 Å². The van der Waals surface area contributed by atoms with Crippen molar-refractivity contribution in [1.82, 2.24) is 0 Å². The fourth-order valence-corrected chi connectivity index (χ4v) is 3.14. The van der Waals surface area contributed by atoms with E-state index >= 15 is 0 Å². The summed E-state index contributed by atoms with van der Waals surface area (Å²) in [5.74, 6) is -0.261. The molecule has 0 atom stereocenters. The highest BCUT2D eigenvalue weighted by molar-refractivity contribution is 5.92. The molecule has 2 rings (SSSR count). The minimum atomic E-state index is -0.774. The molecule has 0 saturated heterocycles. The Kier molecular flexibility index (Phi) is 10.5. The summed E-state index contributed by atoms with van der Waals surface area (Å²) >= 11 is 0. The van der Waals surface area contributed by atoms with E-state index in [9.17, 15) is 9.59 Å². The molecule has 1 heterocycles. The van der Waals surface area contributed by atoms with Gasteiger partial charge in [-0.1, -0.05) is 42.4 Å². The second-order valence-electron chi connectivity index (χ2n) is 7.97. The minimum absolute atomic E-state index is 0.154. The second-order valence-corrected chi connectivity index (χ2v) is 7.97. The van der Waals surface area contributed by atoms with Crippen LogP contribution in [-0.2, 0) is 4.79 Å². The highest BCUT2D eigenvalue weighted by atomic mass is 16.6. The molecule has 0 fully saturated rings. The maximum Gasteiger partial charge on any atom is 0.383 e. The van der Waals surface area contributed by atoms with Crippen LogP contribution in [0.1, 0.15) is 60.3 Å². The highest BCUT2D eigenvalue weighted by Gasteiger charge is 2.22. The van der Waals surface area contributed by atoms with E-state index < -0.39 is 11.6 Å². The molecule has 0 bridgehead atoms. The van der Waals surface area contributed by atoms with Gasteiger partial charge in [0, 0.05) is 6.92 Å². The molecule has 1 aromatic carbocycles. The minimum Gasteiger partial charge on any atom is -0.489 e. The zero-order chi connectivity index (χ0) is 24.2. The van der Waals surface area contributed by atoms with Crippen molar-refractivity contribution in [3.8, 4) is 17.2 Å². The predicted octanol–water partition coefficient (Wildman–Crippen LogP) is 6.52. The second kappa shape index (κ2) is 13.3. The molecule has 1 aromatic heterocycles. The van der Waals surface area contributed by atoms with E-state index in [0.717, 1.165) is 19.3 Å². The molecule has 0 amide bonds. The summed E-state index contributed by atoms with van der Waals surface area (Å²) in [7, 11) is 0. The van der Waals surface area contributed by atoms with Crippen LogP contribution >= 0.6 is 0 Å². The van der Waals surface area contributed by atoms with Gasteiger partial charge in [0.25, 0.3) is 5.75 Å². The summed E-state index contributed by atoms with van der Waals surface area (Å²) < 4.78 is 22.5. The number of hydrogen-bond donors (Lipinski definition) is 0. The summed E-state index contributed by atoms with van der Waals surface area (Å²) in [4.78, 5) is 24.1. The third-order valence-electron chi connectivity index (χ3n) is 4.75. The molecule has 33 heavy (non-hydrogen) atoms. The Hall–Kier alpha value is -3.28. The van der Waals surface area contributed by atoms with E-state index in [2.05, 4.69) is 26.8 Å². The van der Waals surface area contributed by atoms with Gasteiger partial charge in [0.1, 0.15) is 23.3 Å². The van der Waals surface area contributed by atoms with Crippen molar-refractivity contribution in [3.05, 3.63) is 64.1 Å². The van der Waals surface area contributed by atoms with Gasteiger partial charge in [0.05, 0.1) is 6.61 Å². The van der Waals surface area contributed by atoms with Gasteiger partial charge >= 0.3 is 11.6 Å². The van der Waals surface area contributed by atoms with Gasteiger partial charge in [0.15, 0.2) is 5.75 Å². The van der Waals surface area contributed by atoms with Crippen LogP contribution in [0.4, 0.5) is 0 Å². The standard InChI is InChI=1S/C27H34O6/c1-6-7-8-9-17-31-25-24-22(30-18-16-20(4)13-10-12-19(2)3)14-11-15-23(24)33-27(29)26(25)32-21(5)28/h7-8,11-12,14-16H,6,9-10,13,17-18H2,1-5H3. The smallest absolute Gasteiger partial charge is 0.383 e. The first kappa shape index (κ1) is 26.0. The molecule has 6 heteroatoms. The molecule has 2 aromatic rings. The number of carbonyl (C=O) groups excluding carboxylic acids is 1. The van der Waals surface area contributed by atoms with Crippen LogP contribution in [0, 0.1) is 0 Å². The van der Waals surface area contributed by atoms with Crippen LogP contribution in [0.5, 0.6) is 17.2 Å². The van der Waals surface area contributed by atoms with Crippen LogP contribution in [0.25, 0.3) is 11.0 Å². The van der Waals surface area contributed by atoms with Gasteiger partial charge in [-0.2, -0.15) is 0 Å². The van der Waals surface area contributed by atoms with E-state index in [0.29, 0.717) is 36.4 Å². The lowest BCUT2D eigenvalue weighted by atomic mass is 10.1. The number of allylic oxidation sites excluding steroid dienone is 4. The van der Waals surface area contributed by atoms with Crippen molar-refractivity contribution in [2.24, 2.45) is 0 Å². The van der Waals surface area contributed by atoms with Gasteiger partial charge < -0.3 is 18.6 Å². The van der Waals surface area contributed by atoms with Crippen LogP contribution in [0.15, 0.2) is 62.9 Å². The summed E-state index contributed by atoms with van der Waals surface area (Å²) in [6.45, 7) is 10.2. The fraction of sp³-hybridized carbons (Fsp3) is 0.407. The van der Waals surface area contributed by atoms with E-state index in [4.69, 9.17) is 18.6 Å². The maximum absolute atomic E-state index is 12.5. The molecule has 0 spiro atoms. The zero-order valence-corrected chi connectivity index (χ0v) is 20.2. The molecular formula is C27H34O6. The Morgan fingerprint density at radius 3 is 2.48 bits per heavy atom. The van der Waals surface area contributed by atoms with Gasteiger partial charge in [0.2, 0.25) is 0 Å². The molecule has 0 aliphatic carbocycles. The van der Waals surface area contributed by atoms with Crippen LogP contribution in [0.3, 0.4) is 0 Å². The lowest BCUT2D eigenvalue weighted by Crippen LogP contribution is -2.14. The SMILES string of the molecule is CCC=CCCOc1c(OC(C)=O)c(=O)oc2cccc(OCC=C(C)CCC=C(C)C)c12. The van der Waals surface area contributed by atoms with Gasteiger partial charge in [-0.15, -0.1) is 0 Å². The first-order valence-electron chi connectivity index (χ1n) is 11.3. The quantitative estimate of drug-likeness (QED) is 0.157. The Bertz CT molecular complexity index is 1080. The van der Waals surface area contributed by atoms with Crippen molar-refractivity contribution in [2.75, 3.05) is 13.2 Å². The van der Waals surface area contributed by atoms with Crippen LogP contribution < -0.4 is 19.8 Å². The largest absolute Gasteiger partial charge is 0.489 e. The normalized spacial score (nSPS) is 11.6. The number of ether oxygens (including phenoxy) is 3. The first-order chi connectivity index (χ1) is 15.8. The van der Waals surface area contributed by atoms with Crippen molar-refractivity contribution in [2.45, 2.75) is 60.3 Å². The average molecular weight is 455 g/mol. The fourth-order valence-electron chi connectivity index (χ4n) is 3.14. The molecule has 0 N–H and O–H groups in total. The van der Waals surface area contributed by atoms with Gasteiger partial charge in [-0.25, -0.2) is 4.79 Å². The number of esters is 1. The molecule has 6 nitrogen and oxygen atoms in total. The molecule has 178 valence electrons. The average Bonchev–Trinajstić information content (AvgIpc) is 2.75. The Labute approximate surface area is 195 Å². The number of carbonyl (C=O) groups is 1. The van der Waals surface area contributed by atoms with Crippen molar-refractivity contribution in [1.29, 1.82) is 0 Å². The lowest BCUT2D eigenvalue weighted by molar-refractivity contribution is -0.132. The number of benzene rings is 1. The number of fused-ring (bicyclic) bond motifs is 1. The van der Waals surface area contributed by atoms with E-state index in [1.165, 1.54) is 18.1 Å². The molecule has 0 unspecified atom stereocenters. The Balaban J connectivity index is 2.35. The summed E-state index contributed by atoms with van der Waals surface area (Å²) in [5, 5.41) is 0.461. The Morgan fingerprint density at radius 1 is 1.00 bits per heavy atom. The predicted molar refractivity (Wildman–Crippen MR) is 131 cm³/mol. The van der Waals surface area contributed by atoms with Crippen LogP contribution in [-0.4, -0.2) is 19.2 Å². The molecule has 0 saturated carbocycles. The van der Waals surface area contributed by atoms with Crippen molar-refractivity contribution in [3.63, 3.8) is 0 Å². The third kappa shape index (κ3) is 8.29. The maximum atomic E-state index is 12.5. The lowest BCUT2D eigenvalue weighted by Gasteiger charge is -2.15. The molecule has 0 aliphatic rings. The summed E-state index contributed by atoms with van der Waals surface area (Å²) in [6, 6.07) is 5.17. The summed E-state index contributed by atoms with van der Waals surface area (Å²) in [6.07, 6.45) is 11.8. The third-order valence-corrected chi connectivity index (χ3v) is 4.75. The van der Waals surface area contributed by atoms with E-state index in [1.54, 1.807) is 18.2 Å². The molecule has 0 radical (unpaired) electrons. The van der Waals surface area contributed by atoms with Gasteiger partial charge in [-0.05, 0) is 64.7 Å². The molecular weight excluding hydrogens is 420 g/mol. The summed E-state index contributed by atoms with van der Waals surface area (Å²) in [5.41, 5.74) is 2.05. The van der Waals surface area contributed by atoms with E-state index in [1.807, 2.05) is 25.2 Å².